The van der Waals surface area contributed by atoms with Crippen LogP contribution < -0.4 is 15.1 Å². The normalized spacial score (nSPS) is 18.3. The lowest BCUT2D eigenvalue weighted by Gasteiger charge is -2.34. The minimum Gasteiger partial charge on any atom is -0.378 e. The second-order valence-corrected chi connectivity index (χ2v) is 7.62. The molecule has 29 heavy (non-hydrogen) atoms. The zero-order valence-corrected chi connectivity index (χ0v) is 16.4. The van der Waals surface area contributed by atoms with E-state index >= 15 is 0 Å². The molecule has 0 bridgehead atoms. The second-order valence-electron chi connectivity index (χ2n) is 7.62. The lowest BCUT2D eigenvalue weighted by molar-refractivity contribution is 0.122. The highest BCUT2D eigenvalue weighted by atomic mass is 16.5. The number of morpholine rings is 1. The topological polar surface area (TPSA) is 95.1 Å². The molecule has 5 heterocycles. The first-order valence-corrected chi connectivity index (χ1v) is 10.3. The van der Waals surface area contributed by atoms with Crippen molar-refractivity contribution in [3.8, 4) is 0 Å². The molecule has 2 N–H and O–H groups in total. The van der Waals surface area contributed by atoms with Gasteiger partial charge >= 0.3 is 0 Å². The molecule has 2 aliphatic rings. The van der Waals surface area contributed by atoms with Gasteiger partial charge < -0.3 is 24.8 Å². The number of aromatic amines is 1. The van der Waals surface area contributed by atoms with Gasteiger partial charge in [-0.25, -0.2) is 4.98 Å². The SMILES string of the molecule is c1cnc2cc(N3CCOCC3)nc(N3CCC(CNc4nnc[nH]4)CC3)c2c1. The summed E-state index contributed by atoms with van der Waals surface area (Å²) in [6.45, 7) is 6.15. The number of hydrogen-bond donors (Lipinski definition) is 2. The number of fused-ring (bicyclic) bond motifs is 1. The van der Waals surface area contributed by atoms with Gasteiger partial charge in [0.25, 0.3) is 0 Å². The Kier molecular flexibility index (Phi) is 5.12. The molecular formula is C20H26N8O. The third-order valence-corrected chi connectivity index (χ3v) is 5.79. The van der Waals surface area contributed by atoms with Crippen molar-refractivity contribution in [1.82, 2.24) is 25.1 Å². The molecule has 0 aliphatic carbocycles. The van der Waals surface area contributed by atoms with E-state index in [1.807, 2.05) is 12.3 Å². The second kappa shape index (κ2) is 8.20. The number of nitrogens with one attached hydrogen (secondary N) is 2. The van der Waals surface area contributed by atoms with Gasteiger partial charge in [0.15, 0.2) is 0 Å². The molecule has 2 saturated heterocycles. The first kappa shape index (κ1) is 18.1. The molecule has 0 amide bonds. The minimum absolute atomic E-state index is 0.614. The van der Waals surface area contributed by atoms with Crippen molar-refractivity contribution in [2.45, 2.75) is 12.8 Å². The molecule has 5 rings (SSSR count). The summed E-state index contributed by atoms with van der Waals surface area (Å²) >= 11 is 0. The molecule has 2 fully saturated rings. The maximum atomic E-state index is 5.50. The predicted octanol–water partition coefficient (Wildman–Crippen LogP) is 1.91. The van der Waals surface area contributed by atoms with E-state index in [1.54, 1.807) is 6.33 Å². The first-order chi connectivity index (χ1) is 14.4. The van der Waals surface area contributed by atoms with E-state index in [2.05, 4.69) is 47.4 Å². The Hall–Kier alpha value is -2.94. The predicted molar refractivity (Wildman–Crippen MR) is 112 cm³/mol. The standard InChI is InChI=1S/C20H26N8O/c1-2-16-17(21-5-1)12-18(27-8-10-29-11-9-27)25-19(16)28-6-3-15(4-7-28)13-22-20-23-14-24-26-20/h1-2,5,12,14-15H,3-4,6-11,13H2,(H2,22,23,24,26). The van der Waals surface area contributed by atoms with Crippen LogP contribution in [0.25, 0.3) is 10.9 Å². The molecule has 2 aliphatic heterocycles. The van der Waals surface area contributed by atoms with Gasteiger partial charge in [-0.15, -0.1) is 10.2 Å². The van der Waals surface area contributed by atoms with E-state index in [0.29, 0.717) is 5.92 Å². The smallest absolute Gasteiger partial charge is 0.221 e. The van der Waals surface area contributed by atoms with Crippen LogP contribution >= 0.6 is 0 Å². The molecule has 3 aromatic rings. The van der Waals surface area contributed by atoms with E-state index in [0.717, 1.165) is 87.3 Å². The van der Waals surface area contributed by atoms with Gasteiger partial charge in [0.05, 0.1) is 18.7 Å². The van der Waals surface area contributed by atoms with Crippen LogP contribution in [0, 0.1) is 5.92 Å². The molecular weight excluding hydrogens is 368 g/mol. The van der Waals surface area contributed by atoms with Crippen molar-refractivity contribution in [2.75, 3.05) is 61.1 Å². The number of ether oxygens (including phenoxy) is 1. The largest absolute Gasteiger partial charge is 0.378 e. The number of anilines is 3. The number of aromatic nitrogens is 5. The molecule has 0 atom stereocenters. The number of pyridine rings is 2. The van der Waals surface area contributed by atoms with Gasteiger partial charge in [-0.2, -0.15) is 0 Å². The van der Waals surface area contributed by atoms with E-state index in [1.165, 1.54) is 0 Å². The Morgan fingerprint density at radius 2 is 2.00 bits per heavy atom. The van der Waals surface area contributed by atoms with E-state index < -0.39 is 0 Å². The van der Waals surface area contributed by atoms with Crippen LogP contribution in [0.15, 0.2) is 30.7 Å². The molecule has 9 nitrogen and oxygen atoms in total. The van der Waals surface area contributed by atoms with Crippen molar-refractivity contribution in [1.29, 1.82) is 0 Å². The molecule has 0 radical (unpaired) electrons. The van der Waals surface area contributed by atoms with Crippen molar-refractivity contribution in [3.63, 3.8) is 0 Å². The third kappa shape index (κ3) is 3.95. The van der Waals surface area contributed by atoms with E-state index in [9.17, 15) is 0 Å². The average molecular weight is 394 g/mol. The van der Waals surface area contributed by atoms with Gasteiger partial charge in [-0.3, -0.25) is 4.98 Å². The van der Waals surface area contributed by atoms with Crippen LogP contribution in [0.5, 0.6) is 0 Å². The highest BCUT2D eigenvalue weighted by molar-refractivity contribution is 5.91. The van der Waals surface area contributed by atoms with Crippen LogP contribution in [-0.4, -0.2) is 71.1 Å². The summed E-state index contributed by atoms with van der Waals surface area (Å²) in [5.41, 5.74) is 1.01. The van der Waals surface area contributed by atoms with Crippen molar-refractivity contribution < 1.29 is 4.74 Å². The van der Waals surface area contributed by atoms with Crippen LogP contribution in [0.4, 0.5) is 17.6 Å². The molecule has 0 aromatic carbocycles. The van der Waals surface area contributed by atoms with Crippen molar-refractivity contribution >= 4 is 28.5 Å². The van der Waals surface area contributed by atoms with Gasteiger partial charge in [0, 0.05) is 50.4 Å². The fraction of sp³-hybridized carbons (Fsp3) is 0.500. The zero-order chi connectivity index (χ0) is 19.5. The van der Waals surface area contributed by atoms with E-state index in [-0.39, 0.29) is 0 Å². The zero-order valence-electron chi connectivity index (χ0n) is 16.4. The van der Waals surface area contributed by atoms with Crippen molar-refractivity contribution in [3.05, 3.63) is 30.7 Å². The van der Waals surface area contributed by atoms with Gasteiger partial charge in [0.2, 0.25) is 5.95 Å². The van der Waals surface area contributed by atoms with Crippen LogP contribution in [0.1, 0.15) is 12.8 Å². The first-order valence-electron chi connectivity index (χ1n) is 10.3. The lowest BCUT2D eigenvalue weighted by Crippen LogP contribution is -2.38. The highest BCUT2D eigenvalue weighted by Gasteiger charge is 2.23. The van der Waals surface area contributed by atoms with Gasteiger partial charge in [-0.05, 0) is 30.9 Å². The van der Waals surface area contributed by atoms with Crippen molar-refractivity contribution in [2.24, 2.45) is 5.92 Å². The molecule has 0 spiro atoms. The van der Waals surface area contributed by atoms with Crippen LogP contribution in [0.2, 0.25) is 0 Å². The maximum Gasteiger partial charge on any atom is 0.221 e. The highest BCUT2D eigenvalue weighted by Crippen LogP contribution is 2.31. The summed E-state index contributed by atoms with van der Waals surface area (Å²) in [6, 6.07) is 6.24. The Morgan fingerprint density at radius 1 is 1.14 bits per heavy atom. The number of piperidine rings is 1. The number of nitrogens with zero attached hydrogens (tertiary/aromatic N) is 6. The third-order valence-electron chi connectivity index (χ3n) is 5.79. The molecule has 0 saturated carbocycles. The summed E-state index contributed by atoms with van der Waals surface area (Å²) in [5, 5.41) is 12.3. The Morgan fingerprint density at radius 3 is 2.79 bits per heavy atom. The summed E-state index contributed by atoms with van der Waals surface area (Å²) in [4.78, 5) is 17.4. The number of H-pyrrole nitrogens is 1. The molecule has 0 unspecified atom stereocenters. The summed E-state index contributed by atoms with van der Waals surface area (Å²) in [7, 11) is 0. The quantitative estimate of drug-likeness (QED) is 0.678. The number of hydrogen-bond acceptors (Lipinski definition) is 8. The summed E-state index contributed by atoms with van der Waals surface area (Å²) in [5.74, 6) is 3.41. The number of rotatable bonds is 5. The monoisotopic (exact) mass is 394 g/mol. The van der Waals surface area contributed by atoms with E-state index in [4.69, 9.17) is 9.72 Å². The summed E-state index contributed by atoms with van der Waals surface area (Å²) < 4.78 is 5.50. The van der Waals surface area contributed by atoms with Gasteiger partial charge in [0.1, 0.15) is 18.0 Å². The van der Waals surface area contributed by atoms with Gasteiger partial charge in [-0.1, -0.05) is 0 Å². The molecule has 3 aromatic heterocycles. The van der Waals surface area contributed by atoms with Crippen LogP contribution in [0.3, 0.4) is 0 Å². The molecule has 152 valence electrons. The molecule has 9 heteroatoms. The summed E-state index contributed by atoms with van der Waals surface area (Å²) in [6.07, 6.45) is 5.69. The Bertz CT molecular complexity index is 933. The fourth-order valence-corrected chi connectivity index (χ4v) is 4.12. The Labute approximate surface area is 169 Å². The lowest BCUT2D eigenvalue weighted by atomic mass is 9.96. The fourth-order valence-electron chi connectivity index (χ4n) is 4.12. The maximum absolute atomic E-state index is 5.50. The average Bonchev–Trinajstić information content (AvgIpc) is 3.32. The Balaban J connectivity index is 1.32. The minimum atomic E-state index is 0.614. The van der Waals surface area contributed by atoms with Crippen LogP contribution in [-0.2, 0) is 4.74 Å².